The van der Waals surface area contributed by atoms with Crippen LogP contribution in [0.25, 0.3) is 0 Å². The summed E-state index contributed by atoms with van der Waals surface area (Å²) in [4.78, 5) is 41.0. The topological polar surface area (TPSA) is 88.2 Å². The first kappa shape index (κ1) is 23.9. The molecule has 6 rings (SSSR count). The SMILES string of the molecule is CO[C@H]1CC[C@@H](C2CN([C@H]3CCC[C@@H]3Oc3ccc4c(c3)CN(C3CCC(=O)NC3=O)C4=O)C2)CC1. The van der Waals surface area contributed by atoms with E-state index in [1.54, 1.807) is 4.90 Å². The van der Waals surface area contributed by atoms with Crippen LogP contribution in [0.1, 0.15) is 73.7 Å². The Balaban J connectivity index is 1.05. The number of hydrogen-bond donors (Lipinski definition) is 1. The molecular formula is C28H37N3O5. The third-order valence-corrected chi connectivity index (χ3v) is 9.33. The van der Waals surface area contributed by atoms with Gasteiger partial charge in [0.1, 0.15) is 17.9 Å². The smallest absolute Gasteiger partial charge is 0.255 e. The number of fused-ring (bicyclic) bond motifs is 1. The van der Waals surface area contributed by atoms with Crippen molar-refractivity contribution in [2.24, 2.45) is 11.8 Å². The second-order valence-corrected chi connectivity index (χ2v) is 11.4. The third-order valence-electron chi connectivity index (χ3n) is 9.33. The fraction of sp³-hybridized carbons (Fsp3) is 0.679. The van der Waals surface area contributed by atoms with Gasteiger partial charge in [0.05, 0.1) is 6.10 Å². The standard InChI is InChI=1S/C28H37N3O5/c1-35-20-7-5-17(6-8-20)19-14-30(15-19)23-3-2-4-25(23)36-21-9-10-22-18(13-21)16-31(28(22)34)24-11-12-26(32)29-27(24)33/h9-10,13,17,19-20,23-25H,2-8,11-12,14-16H2,1H3,(H,29,32,33)/t17-,20+,23-,24?,25-/m0/s1. The molecule has 2 aliphatic carbocycles. The first-order chi connectivity index (χ1) is 17.5. The lowest BCUT2D eigenvalue weighted by atomic mass is 9.75. The monoisotopic (exact) mass is 495 g/mol. The zero-order valence-electron chi connectivity index (χ0n) is 21.1. The molecule has 3 heterocycles. The van der Waals surface area contributed by atoms with Crippen LogP contribution >= 0.6 is 0 Å². The normalized spacial score (nSPS) is 33.4. The Morgan fingerprint density at radius 1 is 0.944 bits per heavy atom. The van der Waals surface area contributed by atoms with Crippen LogP contribution in [-0.2, 0) is 20.9 Å². The zero-order valence-corrected chi connectivity index (χ0v) is 21.1. The summed E-state index contributed by atoms with van der Waals surface area (Å²) in [7, 11) is 1.84. The summed E-state index contributed by atoms with van der Waals surface area (Å²) < 4.78 is 12.1. The molecule has 194 valence electrons. The number of carbonyl (C=O) groups excluding carboxylic acids is 3. The van der Waals surface area contributed by atoms with E-state index >= 15 is 0 Å². The molecule has 1 unspecified atom stereocenters. The van der Waals surface area contributed by atoms with Gasteiger partial charge >= 0.3 is 0 Å². The Kier molecular flexibility index (Phi) is 6.50. The number of ether oxygens (including phenoxy) is 2. The highest BCUT2D eigenvalue weighted by Gasteiger charge is 2.43. The van der Waals surface area contributed by atoms with Crippen molar-refractivity contribution in [2.45, 2.75) is 88.6 Å². The van der Waals surface area contributed by atoms with E-state index in [0.29, 0.717) is 30.7 Å². The number of benzene rings is 1. The first-order valence-electron chi connectivity index (χ1n) is 13.7. The Bertz CT molecular complexity index is 1030. The van der Waals surface area contributed by atoms with Crippen molar-refractivity contribution in [2.75, 3.05) is 20.2 Å². The van der Waals surface area contributed by atoms with Gasteiger partial charge in [-0.15, -0.1) is 0 Å². The molecular weight excluding hydrogens is 458 g/mol. The Labute approximate surface area is 212 Å². The third kappa shape index (κ3) is 4.43. The number of amides is 3. The summed E-state index contributed by atoms with van der Waals surface area (Å²) >= 11 is 0. The van der Waals surface area contributed by atoms with E-state index in [-0.39, 0.29) is 30.2 Å². The molecule has 1 aromatic carbocycles. The maximum absolute atomic E-state index is 13.0. The summed E-state index contributed by atoms with van der Waals surface area (Å²) in [5.74, 6) is 1.67. The molecule has 0 bridgehead atoms. The van der Waals surface area contributed by atoms with Gasteiger partial charge in [-0.2, -0.15) is 0 Å². The number of likely N-dealkylation sites (tertiary alicyclic amines) is 1. The number of imide groups is 1. The lowest BCUT2D eigenvalue weighted by Gasteiger charge is -2.49. The lowest BCUT2D eigenvalue weighted by Crippen LogP contribution is -2.57. The number of nitrogens with zero attached hydrogens (tertiary/aromatic N) is 2. The number of methoxy groups -OCH3 is 1. The van der Waals surface area contributed by atoms with Gasteiger partial charge in [0.25, 0.3) is 5.91 Å². The van der Waals surface area contributed by atoms with Crippen LogP contribution in [0.2, 0.25) is 0 Å². The molecule has 5 aliphatic rings. The van der Waals surface area contributed by atoms with E-state index in [1.807, 2.05) is 25.3 Å². The van der Waals surface area contributed by atoms with Gasteiger partial charge in [-0.3, -0.25) is 24.6 Å². The molecule has 2 saturated heterocycles. The van der Waals surface area contributed by atoms with Crippen molar-refractivity contribution in [3.05, 3.63) is 29.3 Å². The fourth-order valence-electron chi connectivity index (χ4n) is 7.17. The molecule has 8 heteroatoms. The Hall–Kier alpha value is -2.45. The van der Waals surface area contributed by atoms with Gasteiger partial charge < -0.3 is 14.4 Å². The van der Waals surface area contributed by atoms with Gasteiger partial charge in [0.15, 0.2) is 0 Å². The summed E-state index contributed by atoms with van der Waals surface area (Å²) in [6.45, 7) is 2.75. The first-order valence-corrected chi connectivity index (χ1v) is 13.7. The number of piperidine rings is 1. The zero-order chi connectivity index (χ0) is 24.8. The Morgan fingerprint density at radius 3 is 2.50 bits per heavy atom. The highest BCUT2D eigenvalue weighted by atomic mass is 16.5. The molecule has 1 aromatic rings. The van der Waals surface area contributed by atoms with E-state index in [0.717, 1.165) is 29.6 Å². The second kappa shape index (κ2) is 9.78. The summed E-state index contributed by atoms with van der Waals surface area (Å²) in [5, 5.41) is 2.36. The summed E-state index contributed by atoms with van der Waals surface area (Å²) in [6, 6.07) is 5.58. The van der Waals surface area contributed by atoms with Crippen LogP contribution in [0, 0.1) is 11.8 Å². The van der Waals surface area contributed by atoms with E-state index in [1.165, 1.54) is 51.6 Å². The molecule has 0 spiro atoms. The quantitative estimate of drug-likeness (QED) is 0.611. The van der Waals surface area contributed by atoms with Crippen LogP contribution in [0.3, 0.4) is 0 Å². The number of hydrogen-bond acceptors (Lipinski definition) is 6. The van der Waals surface area contributed by atoms with Gasteiger partial charge in [-0.1, -0.05) is 0 Å². The lowest BCUT2D eigenvalue weighted by molar-refractivity contribution is -0.136. The van der Waals surface area contributed by atoms with Crippen molar-refractivity contribution in [1.82, 2.24) is 15.1 Å². The van der Waals surface area contributed by atoms with Crippen molar-refractivity contribution in [3.8, 4) is 5.75 Å². The summed E-state index contributed by atoms with van der Waals surface area (Å²) in [6.07, 6.45) is 9.70. The predicted molar refractivity (Wildman–Crippen MR) is 132 cm³/mol. The fourth-order valence-corrected chi connectivity index (χ4v) is 7.17. The van der Waals surface area contributed by atoms with Gasteiger partial charge in [0, 0.05) is 44.8 Å². The Morgan fingerprint density at radius 2 is 1.75 bits per heavy atom. The molecule has 2 saturated carbocycles. The van der Waals surface area contributed by atoms with Crippen LogP contribution in [0.5, 0.6) is 5.75 Å². The molecule has 3 atom stereocenters. The molecule has 0 radical (unpaired) electrons. The van der Waals surface area contributed by atoms with Crippen molar-refractivity contribution in [1.29, 1.82) is 0 Å². The maximum atomic E-state index is 13.0. The van der Waals surface area contributed by atoms with E-state index in [2.05, 4.69) is 10.2 Å². The van der Waals surface area contributed by atoms with Crippen molar-refractivity contribution >= 4 is 17.7 Å². The van der Waals surface area contributed by atoms with E-state index in [9.17, 15) is 14.4 Å². The van der Waals surface area contributed by atoms with E-state index < -0.39 is 6.04 Å². The average molecular weight is 496 g/mol. The van der Waals surface area contributed by atoms with Crippen molar-refractivity contribution in [3.63, 3.8) is 0 Å². The van der Waals surface area contributed by atoms with E-state index in [4.69, 9.17) is 9.47 Å². The maximum Gasteiger partial charge on any atom is 0.255 e. The van der Waals surface area contributed by atoms with Crippen LogP contribution in [-0.4, -0.2) is 72.0 Å². The minimum atomic E-state index is -0.588. The molecule has 1 N–H and O–H groups in total. The minimum Gasteiger partial charge on any atom is -0.489 e. The number of rotatable bonds is 6. The van der Waals surface area contributed by atoms with Gasteiger partial charge in [-0.25, -0.2) is 0 Å². The highest BCUT2D eigenvalue weighted by Crippen LogP contribution is 2.40. The van der Waals surface area contributed by atoms with Crippen molar-refractivity contribution < 1.29 is 23.9 Å². The highest BCUT2D eigenvalue weighted by molar-refractivity contribution is 6.05. The average Bonchev–Trinajstić information content (AvgIpc) is 3.43. The molecule has 36 heavy (non-hydrogen) atoms. The minimum absolute atomic E-state index is 0.143. The molecule has 8 nitrogen and oxygen atoms in total. The molecule has 3 amide bonds. The van der Waals surface area contributed by atoms with Crippen LogP contribution in [0.15, 0.2) is 18.2 Å². The number of nitrogens with one attached hydrogen (secondary N) is 1. The molecule has 3 aliphatic heterocycles. The number of carbonyl (C=O) groups is 3. The van der Waals surface area contributed by atoms with Gasteiger partial charge in [-0.05, 0) is 87.0 Å². The largest absolute Gasteiger partial charge is 0.489 e. The predicted octanol–water partition coefficient (Wildman–Crippen LogP) is 2.88. The van der Waals surface area contributed by atoms with Crippen LogP contribution in [0.4, 0.5) is 0 Å². The summed E-state index contributed by atoms with van der Waals surface area (Å²) in [5.41, 5.74) is 1.52. The second-order valence-electron chi connectivity index (χ2n) is 11.4. The van der Waals surface area contributed by atoms with Gasteiger partial charge in [0.2, 0.25) is 11.8 Å². The molecule has 0 aromatic heterocycles. The molecule has 4 fully saturated rings. The van der Waals surface area contributed by atoms with Crippen LogP contribution < -0.4 is 10.1 Å².